The third kappa shape index (κ3) is 3.23. The van der Waals surface area contributed by atoms with Gasteiger partial charge >= 0.3 is 5.97 Å². The van der Waals surface area contributed by atoms with Crippen LogP contribution in [0.15, 0.2) is 28.9 Å². The Balaban J connectivity index is 1.66. The van der Waals surface area contributed by atoms with E-state index < -0.39 is 12.1 Å². The average molecular weight is 290 g/mol. The summed E-state index contributed by atoms with van der Waals surface area (Å²) in [6.07, 6.45) is 0.849. The van der Waals surface area contributed by atoms with E-state index in [1.54, 1.807) is 12.3 Å². The normalized spacial score (nSPS) is 19.5. The fourth-order valence-corrected chi connectivity index (χ4v) is 2.10. The van der Waals surface area contributed by atoms with E-state index in [1.165, 1.54) is 0 Å². The first-order chi connectivity index (χ1) is 10.2. The number of nitrogens with zero attached hydrogens (tertiary/aromatic N) is 4. The summed E-state index contributed by atoms with van der Waals surface area (Å²) in [5, 5.41) is 12.8. The Bertz CT molecular complexity index is 616. The highest BCUT2D eigenvalue weighted by atomic mass is 16.5. The first-order valence-electron chi connectivity index (χ1n) is 6.53. The molecule has 3 heterocycles. The Hall–Kier alpha value is -2.32. The molecule has 1 unspecified atom stereocenters. The number of carboxylic acids is 1. The Morgan fingerprint density at radius 1 is 1.48 bits per heavy atom. The van der Waals surface area contributed by atoms with Crippen molar-refractivity contribution in [2.24, 2.45) is 0 Å². The van der Waals surface area contributed by atoms with E-state index in [1.807, 2.05) is 17.0 Å². The predicted octanol–water partition coefficient (Wildman–Crippen LogP) is 0.417. The molecule has 1 atom stereocenters. The highest BCUT2D eigenvalue weighted by Crippen LogP contribution is 2.14. The molecule has 0 saturated carbocycles. The van der Waals surface area contributed by atoms with E-state index in [4.69, 9.17) is 14.4 Å². The number of rotatable bonds is 4. The summed E-state index contributed by atoms with van der Waals surface area (Å²) in [4.78, 5) is 21.3. The van der Waals surface area contributed by atoms with Gasteiger partial charge in [0.15, 0.2) is 6.10 Å². The third-order valence-corrected chi connectivity index (χ3v) is 3.15. The van der Waals surface area contributed by atoms with E-state index in [9.17, 15) is 4.79 Å². The molecule has 8 nitrogen and oxygen atoms in total. The molecule has 1 fully saturated rings. The van der Waals surface area contributed by atoms with Crippen LogP contribution in [0.1, 0.15) is 5.89 Å². The molecule has 2 aromatic heterocycles. The summed E-state index contributed by atoms with van der Waals surface area (Å²) in [5.41, 5.74) is 0.637. The first kappa shape index (κ1) is 13.7. The smallest absolute Gasteiger partial charge is 0.334 e. The van der Waals surface area contributed by atoms with Crippen LogP contribution < -0.4 is 0 Å². The van der Waals surface area contributed by atoms with Crippen LogP contribution in [-0.4, -0.2) is 56.9 Å². The van der Waals surface area contributed by atoms with Crippen molar-refractivity contribution in [1.82, 2.24) is 20.0 Å². The van der Waals surface area contributed by atoms with Gasteiger partial charge in [0.1, 0.15) is 5.69 Å². The lowest BCUT2D eigenvalue weighted by atomic mass is 10.2. The Labute approximate surface area is 120 Å². The summed E-state index contributed by atoms with van der Waals surface area (Å²) in [5.74, 6) is -0.102. The van der Waals surface area contributed by atoms with Gasteiger partial charge in [-0.05, 0) is 12.1 Å². The molecule has 1 aliphatic rings. The predicted molar refractivity (Wildman–Crippen MR) is 70.2 cm³/mol. The fraction of sp³-hybridized carbons (Fsp3) is 0.385. The Kier molecular flexibility index (Phi) is 3.89. The van der Waals surface area contributed by atoms with Crippen LogP contribution in [0, 0.1) is 0 Å². The van der Waals surface area contributed by atoms with Gasteiger partial charge in [-0.1, -0.05) is 11.2 Å². The summed E-state index contributed by atoms with van der Waals surface area (Å²) < 4.78 is 10.4. The molecule has 0 aliphatic carbocycles. The number of hydrogen-bond donors (Lipinski definition) is 1. The molecule has 0 bridgehead atoms. The maximum Gasteiger partial charge on any atom is 0.334 e. The molecule has 1 saturated heterocycles. The van der Waals surface area contributed by atoms with Crippen LogP contribution in [0.2, 0.25) is 0 Å². The zero-order chi connectivity index (χ0) is 14.7. The topological polar surface area (TPSA) is 102 Å². The number of aliphatic carboxylic acids is 1. The fourth-order valence-electron chi connectivity index (χ4n) is 2.10. The van der Waals surface area contributed by atoms with Crippen LogP contribution in [0.4, 0.5) is 0 Å². The molecule has 110 valence electrons. The number of morpholine rings is 1. The third-order valence-electron chi connectivity index (χ3n) is 3.15. The minimum Gasteiger partial charge on any atom is -0.479 e. The van der Waals surface area contributed by atoms with Gasteiger partial charge in [-0.3, -0.25) is 9.88 Å². The minimum atomic E-state index is -0.959. The molecule has 8 heteroatoms. The van der Waals surface area contributed by atoms with Crippen molar-refractivity contribution in [3.63, 3.8) is 0 Å². The minimum absolute atomic E-state index is 0.302. The lowest BCUT2D eigenvalue weighted by Crippen LogP contribution is -2.45. The van der Waals surface area contributed by atoms with E-state index in [0.717, 1.165) is 0 Å². The molecule has 0 spiro atoms. The molecular weight excluding hydrogens is 276 g/mol. The first-order valence-corrected chi connectivity index (χ1v) is 6.53. The molecule has 2 aromatic rings. The second-order valence-electron chi connectivity index (χ2n) is 4.66. The monoisotopic (exact) mass is 290 g/mol. The molecule has 21 heavy (non-hydrogen) atoms. The number of carboxylic acid groups (broad SMARTS) is 1. The van der Waals surface area contributed by atoms with Crippen molar-refractivity contribution in [3.8, 4) is 11.5 Å². The molecule has 3 rings (SSSR count). The van der Waals surface area contributed by atoms with Crippen molar-refractivity contribution in [3.05, 3.63) is 30.3 Å². The SMILES string of the molecule is O=C(O)C1CN(Cc2nc(-c3ccccn3)no2)CCO1. The Morgan fingerprint density at radius 3 is 3.14 bits per heavy atom. The van der Waals surface area contributed by atoms with E-state index in [-0.39, 0.29) is 0 Å². The second kappa shape index (κ2) is 5.98. The zero-order valence-corrected chi connectivity index (χ0v) is 11.2. The van der Waals surface area contributed by atoms with Gasteiger partial charge in [0.2, 0.25) is 11.7 Å². The maximum atomic E-state index is 10.9. The molecule has 0 amide bonds. The quantitative estimate of drug-likeness (QED) is 0.864. The molecule has 0 radical (unpaired) electrons. The lowest BCUT2D eigenvalue weighted by Gasteiger charge is -2.29. The van der Waals surface area contributed by atoms with Gasteiger partial charge in [-0.25, -0.2) is 4.79 Å². The molecule has 1 aliphatic heterocycles. The largest absolute Gasteiger partial charge is 0.479 e. The number of pyridine rings is 1. The van der Waals surface area contributed by atoms with Crippen molar-refractivity contribution < 1.29 is 19.2 Å². The van der Waals surface area contributed by atoms with Crippen LogP contribution in [0.5, 0.6) is 0 Å². The van der Waals surface area contributed by atoms with Gasteiger partial charge in [0.05, 0.1) is 13.2 Å². The maximum absolute atomic E-state index is 10.9. The van der Waals surface area contributed by atoms with Crippen molar-refractivity contribution in [2.75, 3.05) is 19.7 Å². The average Bonchev–Trinajstić information content (AvgIpc) is 2.97. The summed E-state index contributed by atoms with van der Waals surface area (Å²) >= 11 is 0. The van der Waals surface area contributed by atoms with E-state index in [0.29, 0.717) is 43.7 Å². The highest BCUT2D eigenvalue weighted by Gasteiger charge is 2.27. The second-order valence-corrected chi connectivity index (χ2v) is 4.66. The van der Waals surface area contributed by atoms with Crippen LogP contribution in [0.3, 0.4) is 0 Å². The summed E-state index contributed by atoms with van der Waals surface area (Å²) in [6, 6.07) is 5.45. The van der Waals surface area contributed by atoms with Crippen LogP contribution in [0.25, 0.3) is 11.5 Å². The standard InChI is InChI=1S/C13H14N4O4/c18-13(19)10-7-17(5-6-20-10)8-11-15-12(16-21-11)9-3-1-2-4-14-9/h1-4,10H,5-8H2,(H,18,19). The van der Waals surface area contributed by atoms with Gasteiger partial charge in [0.25, 0.3) is 0 Å². The van der Waals surface area contributed by atoms with Gasteiger partial charge in [-0.15, -0.1) is 0 Å². The Morgan fingerprint density at radius 2 is 2.38 bits per heavy atom. The van der Waals surface area contributed by atoms with Crippen LogP contribution >= 0.6 is 0 Å². The lowest BCUT2D eigenvalue weighted by molar-refractivity contribution is -0.156. The van der Waals surface area contributed by atoms with E-state index >= 15 is 0 Å². The number of ether oxygens (including phenoxy) is 1. The summed E-state index contributed by atoms with van der Waals surface area (Å²) in [7, 11) is 0. The zero-order valence-electron chi connectivity index (χ0n) is 11.2. The van der Waals surface area contributed by atoms with Gasteiger partial charge < -0.3 is 14.4 Å². The van der Waals surface area contributed by atoms with E-state index in [2.05, 4.69) is 15.1 Å². The number of hydrogen-bond acceptors (Lipinski definition) is 7. The molecule has 1 N–H and O–H groups in total. The molecule has 0 aromatic carbocycles. The number of carbonyl (C=O) groups is 1. The van der Waals surface area contributed by atoms with Gasteiger partial charge in [0, 0.05) is 19.3 Å². The highest BCUT2D eigenvalue weighted by molar-refractivity contribution is 5.72. The summed E-state index contributed by atoms with van der Waals surface area (Å²) in [6.45, 7) is 1.70. The van der Waals surface area contributed by atoms with Crippen LogP contribution in [-0.2, 0) is 16.1 Å². The van der Waals surface area contributed by atoms with Crippen molar-refractivity contribution in [2.45, 2.75) is 12.6 Å². The number of aromatic nitrogens is 3. The molecular formula is C13H14N4O4. The van der Waals surface area contributed by atoms with Crippen molar-refractivity contribution in [1.29, 1.82) is 0 Å². The van der Waals surface area contributed by atoms with Gasteiger partial charge in [-0.2, -0.15) is 4.98 Å². The van der Waals surface area contributed by atoms with Crippen molar-refractivity contribution >= 4 is 5.97 Å².